The van der Waals surface area contributed by atoms with E-state index in [2.05, 4.69) is 27.4 Å². The maximum absolute atomic E-state index is 12.8. The van der Waals surface area contributed by atoms with E-state index in [0.29, 0.717) is 17.3 Å². The van der Waals surface area contributed by atoms with Gasteiger partial charge in [-0.1, -0.05) is 42.5 Å². The Hall–Kier alpha value is -2.99. The lowest BCUT2D eigenvalue weighted by atomic mass is 10.1. The second-order valence-corrected chi connectivity index (χ2v) is 7.47. The first-order chi connectivity index (χ1) is 13.4. The topological polar surface area (TPSA) is 67.2 Å². The molecule has 0 unspecified atom stereocenters. The first-order valence-electron chi connectivity index (χ1n) is 9.39. The van der Waals surface area contributed by atoms with Gasteiger partial charge in [-0.15, -0.1) is 0 Å². The number of nitrogens with zero attached hydrogens (tertiary/aromatic N) is 3. The molecule has 3 aromatic rings. The maximum Gasteiger partial charge on any atom is 0.274 e. The van der Waals surface area contributed by atoms with Crippen molar-refractivity contribution < 1.29 is 4.79 Å². The fraction of sp³-hybridized carbons (Fsp3) is 0.318. The summed E-state index contributed by atoms with van der Waals surface area (Å²) >= 11 is 0. The van der Waals surface area contributed by atoms with Crippen molar-refractivity contribution in [2.75, 3.05) is 14.1 Å². The number of carbonyl (C=O) groups is 1. The fourth-order valence-electron chi connectivity index (χ4n) is 3.12. The SMILES string of the molecule is CC(C)n1nc(C(=O)NCc2ccc(CN(C)C)cc2)c2ccccc2c1=O. The minimum absolute atomic E-state index is 0.132. The van der Waals surface area contributed by atoms with E-state index in [9.17, 15) is 9.59 Å². The van der Waals surface area contributed by atoms with Gasteiger partial charge in [-0.25, -0.2) is 4.68 Å². The number of aromatic nitrogens is 2. The second-order valence-electron chi connectivity index (χ2n) is 7.47. The molecule has 1 N–H and O–H groups in total. The summed E-state index contributed by atoms with van der Waals surface area (Å²) in [7, 11) is 4.06. The Morgan fingerprint density at radius 1 is 1.04 bits per heavy atom. The summed E-state index contributed by atoms with van der Waals surface area (Å²) in [6, 6.07) is 15.1. The Morgan fingerprint density at radius 2 is 1.64 bits per heavy atom. The van der Waals surface area contributed by atoms with Gasteiger partial charge in [0.2, 0.25) is 0 Å². The third-order valence-corrected chi connectivity index (χ3v) is 4.51. The van der Waals surface area contributed by atoms with Crippen molar-refractivity contribution in [3.63, 3.8) is 0 Å². The first-order valence-corrected chi connectivity index (χ1v) is 9.39. The van der Waals surface area contributed by atoms with Crippen molar-refractivity contribution in [3.05, 3.63) is 75.7 Å². The normalized spacial score (nSPS) is 11.4. The molecule has 0 aliphatic rings. The number of benzene rings is 2. The van der Waals surface area contributed by atoms with E-state index < -0.39 is 0 Å². The Morgan fingerprint density at radius 3 is 2.25 bits per heavy atom. The lowest BCUT2D eigenvalue weighted by molar-refractivity contribution is 0.0945. The zero-order valence-electron chi connectivity index (χ0n) is 16.8. The highest BCUT2D eigenvalue weighted by molar-refractivity contribution is 6.04. The van der Waals surface area contributed by atoms with Crippen LogP contribution in [0, 0.1) is 0 Å². The number of hydrogen-bond acceptors (Lipinski definition) is 4. The van der Waals surface area contributed by atoms with Crippen LogP contribution in [0.25, 0.3) is 10.8 Å². The molecule has 0 atom stereocenters. The Bertz CT molecular complexity index is 1040. The van der Waals surface area contributed by atoms with Crippen molar-refractivity contribution in [2.24, 2.45) is 0 Å². The van der Waals surface area contributed by atoms with E-state index in [0.717, 1.165) is 12.1 Å². The van der Waals surface area contributed by atoms with E-state index >= 15 is 0 Å². The summed E-state index contributed by atoms with van der Waals surface area (Å²) in [4.78, 5) is 27.5. The van der Waals surface area contributed by atoms with Crippen LogP contribution in [-0.2, 0) is 13.1 Å². The largest absolute Gasteiger partial charge is 0.347 e. The van der Waals surface area contributed by atoms with Gasteiger partial charge in [0.05, 0.1) is 11.4 Å². The molecule has 0 fully saturated rings. The van der Waals surface area contributed by atoms with Crippen molar-refractivity contribution in [3.8, 4) is 0 Å². The number of amides is 1. The molecule has 0 spiro atoms. The third-order valence-electron chi connectivity index (χ3n) is 4.51. The van der Waals surface area contributed by atoms with Crippen LogP contribution >= 0.6 is 0 Å². The van der Waals surface area contributed by atoms with Crippen molar-refractivity contribution in [2.45, 2.75) is 33.0 Å². The zero-order valence-corrected chi connectivity index (χ0v) is 16.8. The molecule has 146 valence electrons. The Kier molecular flexibility index (Phi) is 5.90. The van der Waals surface area contributed by atoms with Crippen LogP contribution in [-0.4, -0.2) is 34.7 Å². The average molecular weight is 378 g/mol. The van der Waals surface area contributed by atoms with Gasteiger partial charge in [-0.05, 0) is 45.1 Å². The summed E-state index contributed by atoms with van der Waals surface area (Å²) in [5.74, 6) is -0.289. The zero-order chi connectivity index (χ0) is 20.3. The van der Waals surface area contributed by atoms with Gasteiger partial charge in [0.15, 0.2) is 5.69 Å². The average Bonchev–Trinajstić information content (AvgIpc) is 2.67. The van der Waals surface area contributed by atoms with Gasteiger partial charge in [-0.2, -0.15) is 5.10 Å². The van der Waals surface area contributed by atoms with Gasteiger partial charge in [0.25, 0.3) is 11.5 Å². The Balaban J connectivity index is 1.84. The molecule has 6 nitrogen and oxygen atoms in total. The third kappa shape index (κ3) is 4.28. The molecule has 0 bridgehead atoms. The van der Waals surface area contributed by atoms with Gasteiger partial charge in [0.1, 0.15) is 0 Å². The molecule has 0 aliphatic carbocycles. The molecule has 2 aromatic carbocycles. The first kappa shape index (κ1) is 19.8. The molecule has 28 heavy (non-hydrogen) atoms. The summed E-state index contributed by atoms with van der Waals surface area (Å²) in [5, 5.41) is 8.35. The van der Waals surface area contributed by atoms with Crippen LogP contribution in [0.3, 0.4) is 0 Å². The second kappa shape index (κ2) is 8.35. The van der Waals surface area contributed by atoms with E-state index in [4.69, 9.17) is 0 Å². The van der Waals surface area contributed by atoms with Crippen LogP contribution in [0.4, 0.5) is 0 Å². The maximum atomic E-state index is 12.8. The molecule has 1 amide bonds. The quantitative estimate of drug-likeness (QED) is 0.716. The van der Waals surface area contributed by atoms with Gasteiger partial charge >= 0.3 is 0 Å². The van der Waals surface area contributed by atoms with Gasteiger partial charge in [0, 0.05) is 18.5 Å². The summed E-state index contributed by atoms with van der Waals surface area (Å²) < 4.78 is 1.37. The van der Waals surface area contributed by atoms with Crippen LogP contribution in [0.15, 0.2) is 53.3 Å². The molecule has 0 saturated heterocycles. The molecular weight excluding hydrogens is 352 g/mol. The van der Waals surface area contributed by atoms with Crippen molar-refractivity contribution in [1.29, 1.82) is 0 Å². The molecule has 1 heterocycles. The fourth-order valence-corrected chi connectivity index (χ4v) is 3.12. The van der Waals surface area contributed by atoms with Gasteiger partial charge in [-0.3, -0.25) is 9.59 Å². The predicted octanol–water partition coefficient (Wildman–Crippen LogP) is 2.97. The highest BCUT2D eigenvalue weighted by Gasteiger charge is 2.17. The number of fused-ring (bicyclic) bond motifs is 1. The van der Waals surface area contributed by atoms with Crippen LogP contribution < -0.4 is 10.9 Å². The van der Waals surface area contributed by atoms with E-state index in [-0.39, 0.29) is 23.2 Å². The Labute approximate surface area is 164 Å². The minimum Gasteiger partial charge on any atom is -0.347 e. The van der Waals surface area contributed by atoms with Crippen LogP contribution in [0.5, 0.6) is 0 Å². The molecule has 0 saturated carbocycles. The molecular formula is C22H26N4O2. The van der Waals surface area contributed by atoms with Crippen molar-refractivity contribution in [1.82, 2.24) is 20.0 Å². The van der Waals surface area contributed by atoms with Crippen molar-refractivity contribution >= 4 is 16.7 Å². The lowest BCUT2D eigenvalue weighted by Crippen LogP contribution is -2.31. The number of hydrogen-bond donors (Lipinski definition) is 1. The standard InChI is InChI=1S/C22H26N4O2/c1-15(2)26-22(28)19-8-6-5-7-18(19)20(24-26)21(27)23-13-16-9-11-17(12-10-16)14-25(3)4/h5-12,15H,13-14H2,1-4H3,(H,23,27). The van der Waals surface area contributed by atoms with Crippen LogP contribution in [0.1, 0.15) is 41.5 Å². The summed E-state index contributed by atoms with van der Waals surface area (Å²) in [6.45, 7) is 5.03. The number of nitrogens with one attached hydrogen (secondary N) is 1. The molecule has 0 radical (unpaired) electrons. The summed E-state index contributed by atoms with van der Waals surface area (Å²) in [6.07, 6.45) is 0. The molecule has 6 heteroatoms. The van der Waals surface area contributed by atoms with Gasteiger partial charge < -0.3 is 10.2 Å². The lowest BCUT2D eigenvalue weighted by Gasteiger charge is -2.14. The van der Waals surface area contributed by atoms with E-state index in [1.54, 1.807) is 18.2 Å². The summed E-state index contributed by atoms with van der Waals surface area (Å²) in [5.41, 5.74) is 2.32. The highest BCUT2D eigenvalue weighted by atomic mass is 16.2. The molecule has 0 aliphatic heterocycles. The van der Waals surface area contributed by atoms with E-state index in [1.165, 1.54) is 10.2 Å². The predicted molar refractivity (Wildman–Crippen MR) is 111 cm³/mol. The van der Waals surface area contributed by atoms with E-state index in [1.807, 2.05) is 46.1 Å². The number of carbonyl (C=O) groups excluding carboxylic acids is 1. The number of rotatable bonds is 6. The monoisotopic (exact) mass is 378 g/mol. The van der Waals surface area contributed by atoms with Crippen LogP contribution in [0.2, 0.25) is 0 Å². The minimum atomic E-state index is -0.289. The molecule has 1 aromatic heterocycles. The smallest absolute Gasteiger partial charge is 0.274 e. The highest BCUT2D eigenvalue weighted by Crippen LogP contribution is 2.15. The molecule has 3 rings (SSSR count).